The maximum Gasteiger partial charge on any atom is 0.230 e. The second-order valence-corrected chi connectivity index (χ2v) is 9.02. The Morgan fingerprint density at radius 2 is 1.87 bits per heavy atom. The van der Waals surface area contributed by atoms with Crippen LogP contribution >= 0.6 is 23.1 Å². The lowest BCUT2D eigenvalue weighted by molar-refractivity contribution is -0.115. The summed E-state index contributed by atoms with van der Waals surface area (Å²) >= 11 is 2.96. The Morgan fingerprint density at radius 1 is 1.10 bits per heavy atom. The lowest BCUT2D eigenvalue weighted by Gasteiger charge is -2.19. The number of anilines is 2. The van der Waals surface area contributed by atoms with E-state index in [1.807, 2.05) is 61.7 Å². The number of thiazole rings is 1. The molecule has 0 N–H and O–H groups in total. The first-order valence-electron chi connectivity index (χ1n) is 9.73. The smallest absolute Gasteiger partial charge is 0.230 e. The average molecular weight is 451 g/mol. The fourth-order valence-electron chi connectivity index (χ4n) is 3.01. The first kappa shape index (κ1) is 21.2. The molecule has 2 heterocycles. The summed E-state index contributed by atoms with van der Waals surface area (Å²) in [4.78, 5) is 18.7. The van der Waals surface area contributed by atoms with E-state index >= 15 is 0 Å². The van der Waals surface area contributed by atoms with Crippen LogP contribution in [0.5, 0.6) is 0 Å². The molecule has 31 heavy (non-hydrogen) atoms. The van der Waals surface area contributed by atoms with Gasteiger partial charge in [-0.25, -0.2) is 4.98 Å². The lowest BCUT2D eigenvalue weighted by Crippen LogP contribution is -2.22. The molecule has 0 unspecified atom stereocenters. The Balaban J connectivity index is 1.52. The fraction of sp³-hybridized carbons (Fsp3) is 0.227. The molecule has 2 aromatic carbocycles. The molecule has 1 amide bonds. The summed E-state index contributed by atoms with van der Waals surface area (Å²) in [7, 11) is 0. The van der Waals surface area contributed by atoms with Crippen molar-refractivity contribution < 1.29 is 4.79 Å². The van der Waals surface area contributed by atoms with Crippen LogP contribution in [-0.2, 0) is 10.5 Å². The Bertz CT molecular complexity index is 1210. The van der Waals surface area contributed by atoms with Gasteiger partial charge in [-0.05, 0) is 66.6 Å². The molecule has 4 rings (SSSR count). The number of aromatic nitrogens is 5. The number of hydrogen-bond donors (Lipinski definition) is 0. The van der Waals surface area contributed by atoms with Crippen LogP contribution in [0.3, 0.4) is 0 Å². The van der Waals surface area contributed by atoms with Crippen LogP contribution in [0.25, 0.3) is 5.69 Å². The van der Waals surface area contributed by atoms with E-state index in [-0.39, 0.29) is 5.91 Å². The highest BCUT2D eigenvalue weighted by Gasteiger charge is 2.19. The molecule has 0 aliphatic rings. The molecule has 0 atom stereocenters. The monoisotopic (exact) mass is 450 g/mol. The van der Waals surface area contributed by atoms with E-state index in [1.165, 1.54) is 34.2 Å². The number of aryl methyl sites for hydroxylation is 3. The predicted octanol–water partition coefficient (Wildman–Crippen LogP) is 5.02. The van der Waals surface area contributed by atoms with Crippen LogP contribution in [-0.4, -0.2) is 31.1 Å². The maximum atomic E-state index is 12.4. The standard InChI is InChI=1S/C22H22N6OS2/c1-14-5-8-19(9-6-14)28-22(24-25-26-28)31-13-18-12-30-21(23-18)27(17(4)29)20-10-7-15(2)16(3)11-20/h5-12H,13H2,1-4H3. The molecule has 0 saturated heterocycles. The second kappa shape index (κ2) is 8.99. The van der Waals surface area contributed by atoms with Crippen molar-refractivity contribution in [1.29, 1.82) is 0 Å². The highest BCUT2D eigenvalue weighted by molar-refractivity contribution is 7.98. The van der Waals surface area contributed by atoms with Gasteiger partial charge in [-0.15, -0.1) is 16.4 Å². The minimum absolute atomic E-state index is 0.0693. The molecular weight excluding hydrogens is 428 g/mol. The number of rotatable bonds is 6. The molecule has 0 spiro atoms. The Hall–Kier alpha value is -3.04. The van der Waals surface area contributed by atoms with E-state index in [4.69, 9.17) is 4.98 Å². The van der Waals surface area contributed by atoms with Crippen molar-refractivity contribution in [2.24, 2.45) is 0 Å². The van der Waals surface area contributed by atoms with Crippen molar-refractivity contribution in [3.05, 3.63) is 70.2 Å². The minimum Gasteiger partial charge on any atom is -0.274 e. The van der Waals surface area contributed by atoms with Crippen LogP contribution in [0.2, 0.25) is 0 Å². The molecule has 9 heteroatoms. The molecule has 4 aromatic rings. The first-order valence-corrected chi connectivity index (χ1v) is 11.6. The highest BCUT2D eigenvalue weighted by Crippen LogP contribution is 2.32. The van der Waals surface area contributed by atoms with Gasteiger partial charge in [0, 0.05) is 18.1 Å². The Kier molecular flexibility index (Phi) is 6.15. The van der Waals surface area contributed by atoms with Gasteiger partial charge in [0.2, 0.25) is 11.1 Å². The van der Waals surface area contributed by atoms with E-state index in [9.17, 15) is 4.79 Å². The molecule has 7 nitrogen and oxygen atoms in total. The largest absolute Gasteiger partial charge is 0.274 e. The van der Waals surface area contributed by atoms with Crippen molar-refractivity contribution >= 4 is 39.8 Å². The van der Waals surface area contributed by atoms with Crippen molar-refractivity contribution in [3.8, 4) is 5.69 Å². The van der Waals surface area contributed by atoms with E-state index < -0.39 is 0 Å². The van der Waals surface area contributed by atoms with Crippen LogP contribution in [0.4, 0.5) is 10.8 Å². The number of carbonyl (C=O) groups is 1. The zero-order chi connectivity index (χ0) is 22.0. The molecular formula is C22H22N6OS2. The van der Waals surface area contributed by atoms with Gasteiger partial charge < -0.3 is 0 Å². The first-order chi connectivity index (χ1) is 14.9. The number of nitrogens with zero attached hydrogens (tertiary/aromatic N) is 6. The second-order valence-electron chi connectivity index (χ2n) is 7.24. The van der Waals surface area contributed by atoms with Crippen LogP contribution in [0, 0.1) is 20.8 Å². The van der Waals surface area contributed by atoms with Gasteiger partial charge in [0.15, 0.2) is 5.13 Å². The molecule has 0 aliphatic heterocycles. The third-order valence-electron chi connectivity index (χ3n) is 4.86. The quantitative estimate of drug-likeness (QED) is 0.384. The third-order valence-corrected chi connectivity index (χ3v) is 6.69. The van der Waals surface area contributed by atoms with Crippen LogP contribution in [0.1, 0.15) is 29.3 Å². The highest BCUT2D eigenvalue weighted by atomic mass is 32.2. The third kappa shape index (κ3) is 4.67. The normalized spacial score (nSPS) is 11.0. The number of hydrogen-bond acceptors (Lipinski definition) is 7. The fourth-order valence-corrected chi connectivity index (χ4v) is 4.79. The van der Waals surface area contributed by atoms with Crippen molar-refractivity contribution in [2.75, 3.05) is 4.90 Å². The molecule has 0 aliphatic carbocycles. The molecule has 158 valence electrons. The zero-order valence-electron chi connectivity index (χ0n) is 17.7. The van der Waals surface area contributed by atoms with Gasteiger partial charge in [-0.1, -0.05) is 35.5 Å². The Morgan fingerprint density at radius 3 is 2.58 bits per heavy atom. The Labute approximate surface area is 189 Å². The number of thioether (sulfide) groups is 1. The SMILES string of the molecule is CC(=O)N(c1ccc(C)c(C)c1)c1nc(CSc2nnnn2-c2ccc(C)cc2)cs1. The van der Waals surface area contributed by atoms with Gasteiger partial charge in [0.1, 0.15) is 0 Å². The summed E-state index contributed by atoms with van der Waals surface area (Å²) in [6.07, 6.45) is 0. The summed E-state index contributed by atoms with van der Waals surface area (Å²) in [5.41, 5.74) is 6.12. The maximum absolute atomic E-state index is 12.4. The number of amides is 1. The van der Waals surface area contributed by atoms with Crippen LogP contribution < -0.4 is 4.90 Å². The average Bonchev–Trinajstić information content (AvgIpc) is 3.39. The number of carbonyl (C=O) groups excluding carboxylic acids is 1. The van der Waals surface area contributed by atoms with E-state index in [2.05, 4.69) is 22.4 Å². The van der Waals surface area contributed by atoms with Gasteiger partial charge in [0.05, 0.1) is 17.1 Å². The summed E-state index contributed by atoms with van der Waals surface area (Å²) in [6.45, 7) is 7.70. The molecule has 0 radical (unpaired) electrons. The van der Waals surface area contributed by atoms with Gasteiger partial charge in [0.25, 0.3) is 0 Å². The van der Waals surface area contributed by atoms with Gasteiger partial charge in [-0.3, -0.25) is 9.69 Å². The predicted molar refractivity (Wildman–Crippen MR) is 124 cm³/mol. The van der Waals surface area contributed by atoms with Gasteiger partial charge in [-0.2, -0.15) is 4.68 Å². The minimum atomic E-state index is -0.0693. The molecule has 0 bridgehead atoms. The zero-order valence-corrected chi connectivity index (χ0v) is 19.4. The van der Waals surface area contributed by atoms with Gasteiger partial charge >= 0.3 is 0 Å². The van der Waals surface area contributed by atoms with Crippen molar-refractivity contribution in [2.45, 2.75) is 38.6 Å². The number of benzene rings is 2. The molecule has 2 aromatic heterocycles. The van der Waals surface area contributed by atoms with Crippen LogP contribution in [0.15, 0.2) is 53.0 Å². The van der Waals surface area contributed by atoms with E-state index in [1.54, 1.807) is 16.5 Å². The lowest BCUT2D eigenvalue weighted by atomic mass is 10.1. The summed E-state index contributed by atoms with van der Waals surface area (Å²) in [6, 6.07) is 14.0. The van der Waals surface area contributed by atoms with E-state index in [0.717, 1.165) is 22.6 Å². The van der Waals surface area contributed by atoms with Crippen molar-refractivity contribution in [1.82, 2.24) is 25.2 Å². The summed E-state index contributed by atoms with van der Waals surface area (Å²) in [5, 5.41) is 15.4. The summed E-state index contributed by atoms with van der Waals surface area (Å²) in [5.74, 6) is 0.529. The molecule has 0 fully saturated rings. The van der Waals surface area contributed by atoms with E-state index in [0.29, 0.717) is 16.0 Å². The topological polar surface area (TPSA) is 76.8 Å². The number of tetrazole rings is 1. The summed E-state index contributed by atoms with van der Waals surface area (Å²) < 4.78 is 1.72. The van der Waals surface area contributed by atoms with Crippen molar-refractivity contribution in [3.63, 3.8) is 0 Å². The molecule has 0 saturated carbocycles.